The van der Waals surface area contributed by atoms with Gasteiger partial charge in [-0.25, -0.2) is 0 Å². The van der Waals surface area contributed by atoms with Crippen LogP contribution in [0.1, 0.15) is 31.9 Å². The highest BCUT2D eigenvalue weighted by molar-refractivity contribution is 5.37. The van der Waals surface area contributed by atoms with Crippen molar-refractivity contribution in [1.82, 2.24) is 5.32 Å². The third-order valence-electron chi connectivity index (χ3n) is 3.66. The molecule has 2 aliphatic heterocycles. The van der Waals surface area contributed by atoms with Crippen molar-refractivity contribution in [2.45, 2.75) is 38.1 Å². The maximum absolute atomic E-state index is 5.69. The van der Waals surface area contributed by atoms with E-state index >= 15 is 0 Å². The Labute approximate surface area is 114 Å². The van der Waals surface area contributed by atoms with Crippen molar-refractivity contribution in [2.75, 3.05) is 19.8 Å². The molecular weight excluding hydrogens is 242 g/mol. The molecule has 1 saturated heterocycles. The largest absolute Gasteiger partial charge is 0.493 e. The van der Waals surface area contributed by atoms with E-state index in [0.29, 0.717) is 19.3 Å². The zero-order valence-electron chi connectivity index (χ0n) is 11.5. The van der Waals surface area contributed by atoms with Crippen molar-refractivity contribution in [3.8, 4) is 5.75 Å². The maximum atomic E-state index is 5.69. The molecule has 1 aromatic carbocycles. The minimum atomic E-state index is -0.453. The van der Waals surface area contributed by atoms with E-state index in [1.165, 1.54) is 5.56 Å². The van der Waals surface area contributed by atoms with Crippen LogP contribution in [0.2, 0.25) is 0 Å². The monoisotopic (exact) mass is 263 g/mol. The van der Waals surface area contributed by atoms with Crippen LogP contribution >= 0.6 is 0 Å². The van der Waals surface area contributed by atoms with Crippen molar-refractivity contribution < 1.29 is 14.2 Å². The molecule has 3 rings (SSSR count). The molecule has 1 aromatic rings. The molecule has 1 unspecified atom stereocenters. The zero-order valence-corrected chi connectivity index (χ0v) is 11.5. The van der Waals surface area contributed by atoms with Gasteiger partial charge in [-0.2, -0.15) is 0 Å². The Morgan fingerprint density at radius 2 is 1.89 bits per heavy atom. The second-order valence-corrected chi connectivity index (χ2v) is 5.61. The quantitative estimate of drug-likeness (QED) is 0.888. The van der Waals surface area contributed by atoms with E-state index in [-0.39, 0.29) is 6.04 Å². The van der Waals surface area contributed by atoms with Crippen molar-refractivity contribution in [3.05, 3.63) is 29.8 Å². The normalized spacial score (nSPS) is 26.5. The molecule has 0 spiro atoms. The zero-order chi connectivity index (χ0) is 13.3. The molecule has 0 aromatic heterocycles. The van der Waals surface area contributed by atoms with Gasteiger partial charge in [0.15, 0.2) is 5.79 Å². The summed E-state index contributed by atoms with van der Waals surface area (Å²) in [5, 5.41) is 3.62. The van der Waals surface area contributed by atoms with Crippen molar-refractivity contribution >= 4 is 0 Å². The van der Waals surface area contributed by atoms with Crippen molar-refractivity contribution in [2.24, 2.45) is 0 Å². The van der Waals surface area contributed by atoms with E-state index in [1.54, 1.807) is 0 Å². The number of para-hydroxylation sites is 1. The van der Waals surface area contributed by atoms with Crippen LogP contribution < -0.4 is 10.1 Å². The molecule has 104 valence electrons. The number of rotatable bonds is 2. The molecule has 1 fully saturated rings. The second kappa shape index (κ2) is 5.12. The maximum Gasteiger partial charge on any atom is 0.162 e. The summed E-state index contributed by atoms with van der Waals surface area (Å²) >= 11 is 0. The molecule has 0 aliphatic carbocycles. The summed E-state index contributed by atoms with van der Waals surface area (Å²) < 4.78 is 17.1. The van der Waals surface area contributed by atoms with Gasteiger partial charge in [0.25, 0.3) is 0 Å². The summed E-state index contributed by atoms with van der Waals surface area (Å²) in [6.07, 6.45) is 0.983. The highest BCUT2D eigenvalue weighted by Gasteiger charge is 2.31. The van der Waals surface area contributed by atoms with Gasteiger partial charge in [0.2, 0.25) is 0 Å². The third kappa shape index (κ3) is 2.91. The van der Waals surface area contributed by atoms with Gasteiger partial charge in [0.05, 0.1) is 25.9 Å². The van der Waals surface area contributed by atoms with Gasteiger partial charge in [-0.05, 0) is 19.9 Å². The Balaban J connectivity index is 1.65. The summed E-state index contributed by atoms with van der Waals surface area (Å²) in [6, 6.07) is 8.78. The third-order valence-corrected chi connectivity index (χ3v) is 3.66. The summed E-state index contributed by atoms with van der Waals surface area (Å²) in [5.74, 6) is 0.537. The van der Waals surface area contributed by atoms with Crippen LogP contribution in [0.3, 0.4) is 0 Å². The second-order valence-electron chi connectivity index (χ2n) is 5.61. The van der Waals surface area contributed by atoms with Crippen LogP contribution in [-0.4, -0.2) is 31.6 Å². The average molecular weight is 263 g/mol. The number of fused-ring (bicyclic) bond motifs is 1. The molecule has 2 heterocycles. The first-order valence-corrected chi connectivity index (χ1v) is 6.90. The smallest absolute Gasteiger partial charge is 0.162 e. The lowest BCUT2D eigenvalue weighted by atomic mass is 9.99. The van der Waals surface area contributed by atoms with E-state index in [2.05, 4.69) is 17.4 Å². The van der Waals surface area contributed by atoms with E-state index in [4.69, 9.17) is 14.2 Å². The lowest BCUT2D eigenvalue weighted by Gasteiger charge is -2.38. The average Bonchev–Trinajstić information content (AvgIpc) is 2.42. The molecule has 1 atom stereocenters. The Morgan fingerprint density at radius 1 is 1.16 bits per heavy atom. The van der Waals surface area contributed by atoms with Gasteiger partial charge < -0.3 is 19.5 Å². The van der Waals surface area contributed by atoms with Crippen LogP contribution in [0.5, 0.6) is 5.75 Å². The summed E-state index contributed by atoms with van der Waals surface area (Å²) in [7, 11) is 0. The van der Waals surface area contributed by atoms with Crippen LogP contribution in [0.15, 0.2) is 24.3 Å². The fourth-order valence-corrected chi connectivity index (χ4v) is 2.59. The molecule has 4 nitrogen and oxygen atoms in total. The summed E-state index contributed by atoms with van der Waals surface area (Å²) in [5.41, 5.74) is 1.23. The molecular formula is C15H21NO3. The topological polar surface area (TPSA) is 39.7 Å². The Kier molecular flexibility index (Phi) is 3.48. The van der Waals surface area contributed by atoms with Crippen LogP contribution in [0.25, 0.3) is 0 Å². The first-order valence-electron chi connectivity index (χ1n) is 6.90. The summed E-state index contributed by atoms with van der Waals surface area (Å²) in [4.78, 5) is 0. The SMILES string of the molecule is CC1(C)OCC(NC2CCOc3ccccc32)CO1. The van der Waals surface area contributed by atoms with Crippen molar-refractivity contribution in [3.63, 3.8) is 0 Å². The van der Waals surface area contributed by atoms with Gasteiger partial charge in [-0.15, -0.1) is 0 Å². The predicted octanol–water partition coefficient (Wildman–Crippen LogP) is 2.25. The van der Waals surface area contributed by atoms with Crippen molar-refractivity contribution in [1.29, 1.82) is 0 Å². The lowest BCUT2D eigenvalue weighted by molar-refractivity contribution is -0.253. The Bertz CT molecular complexity index is 437. The highest BCUT2D eigenvalue weighted by atomic mass is 16.7. The number of ether oxygens (including phenoxy) is 3. The molecule has 0 saturated carbocycles. The van der Waals surface area contributed by atoms with Gasteiger partial charge in [-0.3, -0.25) is 0 Å². The highest BCUT2D eigenvalue weighted by Crippen LogP contribution is 2.32. The van der Waals surface area contributed by atoms with E-state index in [1.807, 2.05) is 26.0 Å². The lowest BCUT2D eigenvalue weighted by Crippen LogP contribution is -2.49. The number of benzene rings is 1. The first-order chi connectivity index (χ1) is 9.14. The minimum Gasteiger partial charge on any atom is -0.493 e. The molecule has 19 heavy (non-hydrogen) atoms. The Morgan fingerprint density at radius 3 is 2.68 bits per heavy atom. The minimum absolute atomic E-state index is 0.240. The van der Waals surface area contributed by atoms with E-state index in [0.717, 1.165) is 18.8 Å². The number of hydrogen-bond acceptors (Lipinski definition) is 4. The van der Waals surface area contributed by atoms with E-state index in [9.17, 15) is 0 Å². The predicted molar refractivity (Wildman–Crippen MR) is 72.2 cm³/mol. The van der Waals surface area contributed by atoms with E-state index < -0.39 is 5.79 Å². The molecule has 4 heteroatoms. The van der Waals surface area contributed by atoms with Gasteiger partial charge in [-0.1, -0.05) is 18.2 Å². The molecule has 0 amide bonds. The fourth-order valence-electron chi connectivity index (χ4n) is 2.59. The first kappa shape index (κ1) is 12.9. The van der Waals surface area contributed by atoms with Crippen LogP contribution in [0.4, 0.5) is 0 Å². The number of hydrogen-bond donors (Lipinski definition) is 1. The van der Waals surface area contributed by atoms with Gasteiger partial charge in [0, 0.05) is 18.0 Å². The summed E-state index contributed by atoms with van der Waals surface area (Å²) in [6.45, 7) is 6.04. The van der Waals surface area contributed by atoms with Crippen LogP contribution in [0, 0.1) is 0 Å². The molecule has 0 radical (unpaired) electrons. The molecule has 2 aliphatic rings. The van der Waals surface area contributed by atoms with Gasteiger partial charge >= 0.3 is 0 Å². The van der Waals surface area contributed by atoms with Gasteiger partial charge in [0.1, 0.15) is 5.75 Å². The Hall–Kier alpha value is -1.10. The molecule has 1 N–H and O–H groups in total. The fraction of sp³-hybridized carbons (Fsp3) is 0.600. The number of nitrogens with one attached hydrogen (secondary N) is 1. The molecule has 0 bridgehead atoms. The van der Waals surface area contributed by atoms with Crippen LogP contribution in [-0.2, 0) is 9.47 Å². The standard InChI is InChI=1S/C15H21NO3/c1-15(2)18-9-11(10-19-15)16-13-7-8-17-14-6-4-3-5-12(13)14/h3-6,11,13,16H,7-10H2,1-2H3.